The maximum Gasteiger partial charge on any atom is 0.271 e. The van der Waals surface area contributed by atoms with Gasteiger partial charge in [-0.15, -0.1) is 0 Å². The van der Waals surface area contributed by atoms with Gasteiger partial charge in [0.25, 0.3) is 5.91 Å². The van der Waals surface area contributed by atoms with Crippen LogP contribution >= 0.6 is 0 Å². The molecule has 0 spiro atoms. The molecule has 3 rings (SSSR count). The lowest BCUT2D eigenvalue weighted by Gasteiger charge is -2.07. The Bertz CT molecular complexity index is 761. The normalized spacial score (nSPS) is 15.5. The van der Waals surface area contributed by atoms with E-state index in [4.69, 9.17) is 11.5 Å². The molecule has 1 aromatic carbocycles. The van der Waals surface area contributed by atoms with Gasteiger partial charge in [0.2, 0.25) is 0 Å². The molecule has 1 aromatic heterocycles. The van der Waals surface area contributed by atoms with Crippen LogP contribution in [0.2, 0.25) is 0 Å². The fraction of sp³-hybridized carbons (Fsp3) is 0.214. The molecule has 0 aliphatic heterocycles. The molecular formula is C14H15N5O2S. The minimum absolute atomic E-state index is 0.00798. The molecule has 1 atom stereocenters. The maximum absolute atomic E-state index is 12.2. The summed E-state index contributed by atoms with van der Waals surface area (Å²) in [5.41, 5.74) is 11.9. The first-order valence-corrected chi connectivity index (χ1v) is 7.90. The molecule has 1 aliphatic rings. The van der Waals surface area contributed by atoms with E-state index in [1.54, 1.807) is 24.3 Å². The van der Waals surface area contributed by atoms with Crippen LogP contribution in [0.4, 0.5) is 5.82 Å². The number of benzene rings is 1. The number of amides is 1. The first kappa shape index (κ1) is 14.6. The molecule has 7 nitrogen and oxygen atoms in total. The highest BCUT2D eigenvalue weighted by atomic mass is 32.2. The molecule has 114 valence electrons. The summed E-state index contributed by atoms with van der Waals surface area (Å²) in [6.45, 7) is 0. The average Bonchev–Trinajstić information content (AvgIpc) is 3.31. The summed E-state index contributed by atoms with van der Waals surface area (Å²) in [6, 6.07) is 7.43. The van der Waals surface area contributed by atoms with Crippen LogP contribution < -0.4 is 16.2 Å². The zero-order chi connectivity index (χ0) is 15.7. The number of anilines is 1. The number of nitrogens with zero attached hydrogens (tertiary/aromatic N) is 2. The number of nitrogens with two attached hydrogens (primary N) is 2. The number of aromatic nitrogens is 2. The highest BCUT2D eigenvalue weighted by molar-refractivity contribution is 7.83. The second kappa shape index (κ2) is 5.82. The van der Waals surface area contributed by atoms with Crippen LogP contribution in [0.3, 0.4) is 0 Å². The van der Waals surface area contributed by atoms with Crippen molar-refractivity contribution in [2.45, 2.75) is 23.8 Å². The molecule has 1 aliphatic carbocycles. The summed E-state index contributed by atoms with van der Waals surface area (Å²) in [4.78, 5) is 20.0. The Labute approximate surface area is 129 Å². The van der Waals surface area contributed by atoms with E-state index in [0.29, 0.717) is 22.2 Å². The molecular weight excluding hydrogens is 302 g/mol. The monoisotopic (exact) mass is 317 g/mol. The molecule has 1 amide bonds. The average molecular weight is 317 g/mol. The number of hydrogen-bond donors (Lipinski definition) is 3. The standard InChI is InChI=1S/C14H15N5O2S/c15-13-12(14(16)20)18-11(7-17-13)8-2-1-3-10(6-8)22(21)19-9-4-5-9/h1-3,6-7,9,19H,4-5H2,(H2,15,17)(H2,16,20). The summed E-state index contributed by atoms with van der Waals surface area (Å²) in [7, 11) is -1.27. The van der Waals surface area contributed by atoms with Crippen molar-refractivity contribution in [1.82, 2.24) is 14.7 Å². The van der Waals surface area contributed by atoms with Crippen molar-refractivity contribution in [2.75, 3.05) is 5.73 Å². The van der Waals surface area contributed by atoms with E-state index < -0.39 is 16.9 Å². The Morgan fingerprint density at radius 2 is 2.14 bits per heavy atom. The van der Waals surface area contributed by atoms with E-state index in [1.165, 1.54) is 6.20 Å². The largest absolute Gasteiger partial charge is 0.382 e. The van der Waals surface area contributed by atoms with Crippen molar-refractivity contribution in [1.29, 1.82) is 0 Å². The topological polar surface area (TPSA) is 124 Å². The Morgan fingerprint density at radius 3 is 2.82 bits per heavy atom. The number of carbonyl (C=O) groups excluding carboxylic acids is 1. The van der Waals surface area contributed by atoms with Gasteiger partial charge in [-0.25, -0.2) is 18.9 Å². The van der Waals surface area contributed by atoms with Gasteiger partial charge in [-0.3, -0.25) is 4.79 Å². The molecule has 0 bridgehead atoms. The van der Waals surface area contributed by atoms with Crippen LogP contribution in [-0.2, 0) is 11.0 Å². The van der Waals surface area contributed by atoms with Crippen LogP contribution in [0.15, 0.2) is 35.4 Å². The van der Waals surface area contributed by atoms with Gasteiger partial charge >= 0.3 is 0 Å². The van der Waals surface area contributed by atoms with Crippen LogP contribution in [0.25, 0.3) is 11.3 Å². The Kier molecular flexibility index (Phi) is 3.86. The molecule has 1 saturated carbocycles. The zero-order valence-electron chi connectivity index (χ0n) is 11.7. The van der Waals surface area contributed by atoms with E-state index in [-0.39, 0.29) is 11.5 Å². The van der Waals surface area contributed by atoms with Gasteiger partial charge in [0.15, 0.2) is 11.5 Å². The molecule has 0 saturated heterocycles. The van der Waals surface area contributed by atoms with E-state index in [9.17, 15) is 9.00 Å². The van der Waals surface area contributed by atoms with Gasteiger partial charge < -0.3 is 11.5 Å². The second-order valence-electron chi connectivity index (χ2n) is 5.04. The third-order valence-electron chi connectivity index (χ3n) is 3.23. The summed E-state index contributed by atoms with van der Waals surface area (Å²) >= 11 is 0. The molecule has 1 heterocycles. The summed E-state index contributed by atoms with van der Waals surface area (Å²) in [6.07, 6.45) is 3.56. The molecule has 22 heavy (non-hydrogen) atoms. The van der Waals surface area contributed by atoms with E-state index in [2.05, 4.69) is 14.7 Å². The lowest BCUT2D eigenvalue weighted by Crippen LogP contribution is -2.19. The van der Waals surface area contributed by atoms with E-state index >= 15 is 0 Å². The fourth-order valence-electron chi connectivity index (χ4n) is 1.91. The van der Waals surface area contributed by atoms with Gasteiger partial charge in [-0.05, 0) is 25.0 Å². The maximum atomic E-state index is 12.2. The van der Waals surface area contributed by atoms with E-state index in [1.807, 2.05) is 0 Å². The molecule has 5 N–H and O–H groups in total. The Hall–Kier alpha value is -2.32. The number of nitrogen functional groups attached to an aromatic ring is 1. The third-order valence-corrected chi connectivity index (χ3v) is 4.46. The van der Waals surface area contributed by atoms with Crippen LogP contribution in [-0.4, -0.2) is 26.1 Å². The molecule has 0 radical (unpaired) electrons. The summed E-state index contributed by atoms with van der Waals surface area (Å²) in [5.74, 6) is -0.742. The third kappa shape index (κ3) is 3.12. The van der Waals surface area contributed by atoms with Crippen LogP contribution in [0.1, 0.15) is 23.3 Å². The highest BCUT2D eigenvalue weighted by Crippen LogP contribution is 2.23. The SMILES string of the molecule is NC(=O)c1nc(-c2cccc(S(=O)NC3CC3)c2)cnc1N. The van der Waals surface area contributed by atoms with Gasteiger partial charge in [0.1, 0.15) is 11.0 Å². The molecule has 8 heteroatoms. The van der Waals surface area contributed by atoms with Crippen molar-refractivity contribution in [3.05, 3.63) is 36.2 Å². The Balaban J connectivity index is 1.93. The molecule has 2 aromatic rings. The first-order chi connectivity index (χ1) is 10.5. The first-order valence-electron chi connectivity index (χ1n) is 6.75. The second-order valence-corrected chi connectivity index (χ2v) is 6.29. The smallest absolute Gasteiger partial charge is 0.271 e. The van der Waals surface area contributed by atoms with E-state index in [0.717, 1.165) is 12.8 Å². The van der Waals surface area contributed by atoms with Gasteiger partial charge in [0, 0.05) is 11.6 Å². The quantitative estimate of drug-likeness (QED) is 0.745. The summed E-state index contributed by atoms with van der Waals surface area (Å²) < 4.78 is 15.2. The van der Waals surface area contributed by atoms with Crippen molar-refractivity contribution >= 4 is 22.7 Å². The molecule has 1 unspecified atom stereocenters. The van der Waals surface area contributed by atoms with Crippen LogP contribution in [0.5, 0.6) is 0 Å². The highest BCUT2D eigenvalue weighted by Gasteiger charge is 2.23. The fourth-order valence-corrected chi connectivity index (χ4v) is 3.02. The van der Waals surface area contributed by atoms with Crippen LogP contribution in [0, 0.1) is 0 Å². The van der Waals surface area contributed by atoms with Crippen molar-refractivity contribution in [3.63, 3.8) is 0 Å². The van der Waals surface area contributed by atoms with Gasteiger partial charge in [-0.1, -0.05) is 12.1 Å². The lowest BCUT2D eigenvalue weighted by molar-refractivity contribution is 0.0996. The van der Waals surface area contributed by atoms with Crippen molar-refractivity contribution in [2.24, 2.45) is 5.73 Å². The summed E-state index contributed by atoms with van der Waals surface area (Å²) in [5, 5.41) is 0. The zero-order valence-corrected chi connectivity index (χ0v) is 12.5. The minimum atomic E-state index is -1.27. The number of primary amides is 1. The van der Waals surface area contributed by atoms with Crippen molar-refractivity contribution < 1.29 is 9.00 Å². The number of carbonyl (C=O) groups is 1. The number of hydrogen-bond acceptors (Lipinski definition) is 5. The predicted octanol–water partition coefficient (Wildman–Crippen LogP) is 0.599. The predicted molar refractivity (Wildman–Crippen MR) is 83.0 cm³/mol. The number of rotatable bonds is 5. The Morgan fingerprint density at radius 1 is 1.36 bits per heavy atom. The van der Waals surface area contributed by atoms with Gasteiger partial charge in [-0.2, -0.15) is 0 Å². The number of nitrogens with one attached hydrogen (secondary N) is 1. The lowest BCUT2D eigenvalue weighted by atomic mass is 10.1. The molecule has 1 fully saturated rings. The van der Waals surface area contributed by atoms with Gasteiger partial charge in [0.05, 0.1) is 16.8 Å². The van der Waals surface area contributed by atoms with Crippen molar-refractivity contribution in [3.8, 4) is 11.3 Å². The minimum Gasteiger partial charge on any atom is -0.382 e.